The van der Waals surface area contributed by atoms with Crippen molar-refractivity contribution in [2.24, 2.45) is 0 Å². The van der Waals surface area contributed by atoms with E-state index in [1.807, 2.05) is 12.1 Å². The molecule has 0 N–H and O–H groups in total. The molecular weight excluding hydrogens is 304 g/mol. The zero-order valence-corrected chi connectivity index (χ0v) is 14.3. The first-order valence-electron chi connectivity index (χ1n) is 8.72. The summed E-state index contributed by atoms with van der Waals surface area (Å²) in [7, 11) is 1.73. The van der Waals surface area contributed by atoms with Gasteiger partial charge in [0.1, 0.15) is 5.75 Å². The summed E-state index contributed by atoms with van der Waals surface area (Å²) in [6.07, 6.45) is 2.40. The smallest absolute Gasteiger partial charge is 0.243 e. The predicted octanol–water partition coefficient (Wildman–Crippen LogP) is 2.84. The van der Waals surface area contributed by atoms with E-state index in [-0.39, 0.29) is 6.04 Å². The number of benzene rings is 1. The highest BCUT2D eigenvalue weighted by Crippen LogP contribution is 2.38. The Kier molecular flexibility index (Phi) is 4.14. The molecule has 1 aliphatic heterocycles. The zero-order chi connectivity index (χ0) is 16.5. The van der Waals surface area contributed by atoms with E-state index in [0.717, 1.165) is 43.6 Å². The lowest BCUT2D eigenvalue weighted by Crippen LogP contribution is -2.47. The molecule has 6 heteroatoms. The van der Waals surface area contributed by atoms with Crippen LogP contribution in [0.3, 0.4) is 0 Å². The topological polar surface area (TPSA) is 54.6 Å². The van der Waals surface area contributed by atoms with E-state index in [1.165, 1.54) is 18.5 Å². The van der Waals surface area contributed by atoms with Crippen LogP contribution in [0.25, 0.3) is 0 Å². The van der Waals surface area contributed by atoms with Gasteiger partial charge < -0.3 is 14.2 Å². The Morgan fingerprint density at radius 3 is 2.62 bits per heavy atom. The summed E-state index contributed by atoms with van der Waals surface area (Å²) >= 11 is 0. The van der Waals surface area contributed by atoms with Crippen molar-refractivity contribution in [2.75, 3.05) is 38.2 Å². The van der Waals surface area contributed by atoms with Crippen LogP contribution in [-0.4, -0.2) is 48.3 Å². The number of hydrogen-bond acceptors (Lipinski definition) is 6. The molecule has 1 aliphatic carbocycles. The van der Waals surface area contributed by atoms with Gasteiger partial charge in [-0.1, -0.05) is 17.3 Å². The third-order valence-electron chi connectivity index (χ3n) is 5.05. The molecule has 0 spiro atoms. The first kappa shape index (κ1) is 15.4. The highest BCUT2D eigenvalue weighted by atomic mass is 16.5. The maximum atomic E-state index is 5.49. The van der Waals surface area contributed by atoms with Gasteiger partial charge in [-0.25, -0.2) is 0 Å². The summed E-state index contributed by atoms with van der Waals surface area (Å²) in [6.45, 7) is 6.03. The Balaban J connectivity index is 1.39. The first-order valence-corrected chi connectivity index (χ1v) is 8.72. The van der Waals surface area contributed by atoms with Crippen LogP contribution in [0.15, 0.2) is 28.8 Å². The SMILES string of the molecule is COc1ccccc1N1CCN(C(C)c2nc(C3CC3)no2)CC1. The van der Waals surface area contributed by atoms with E-state index in [9.17, 15) is 0 Å². The van der Waals surface area contributed by atoms with Crippen molar-refractivity contribution in [3.05, 3.63) is 36.0 Å². The van der Waals surface area contributed by atoms with Gasteiger partial charge in [-0.05, 0) is 31.9 Å². The Labute approximate surface area is 142 Å². The van der Waals surface area contributed by atoms with E-state index in [4.69, 9.17) is 9.26 Å². The number of rotatable bonds is 5. The van der Waals surface area contributed by atoms with Crippen LogP contribution in [0.5, 0.6) is 5.75 Å². The molecule has 1 unspecified atom stereocenters. The zero-order valence-electron chi connectivity index (χ0n) is 14.3. The molecule has 1 aromatic carbocycles. The quantitative estimate of drug-likeness (QED) is 0.841. The van der Waals surface area contributed by atoms with Gasteiger partial charge in [-0.15, -0.1) is 0 Å². The molecule has 1 aromatic heterocycles. The largest absolute Gasteiger partial charge is 0.495 e. The summed E-state index contributed by atoms with van der Waals surface area (Å²) in [6, 6.07) is 8.38. The minimum atomic E-state index is 0.171. The van der Waals surface area contributed by atoms with Crippen molar-refractivity contribution >= 4 is 5.69 Å². The van der Waals surface area contributed by atoms with E-state index in [0.29, 0.717) is 5.92 Å². The van der Waals surface area contributed by atoms with Crippen LogP contribution in [0, 0.1) is 0 Å². The fourth-order valence-electron chi connectivity index (χ4n) is 3.32. The minimum Gasteiger partial charge on any atom is -0.495 e. The Hall–Kier alpha value is -2.08. The van der Waals surface area contributed by atoms with Crippen molar-refractivity contribution in [1.29, 1.82) is 0 Å². The minimum absolute atomic E-state index is 0.171. The number of piperazine rings is 1. The van der Waals surface area contributed by atoms with Gasteiger partial charge in [0.15, 0.2) is 5.82 Å². The molecule has 1 atom stereocenters. The predicted molar refractivity (Wildman–Crippen MR) is 91.5 cm³/mol. The summed E-state index contributed by atoms with van der Waals surface area (Å²) in [5, 5.41) is 4.14. The van der Waals surface area contributed by atoms with E-state index >= 15 is 0 Å². The number of aromatic nitrogens is 2. The maximum absolute atomic E-state index is 5.49. The van der Waals surface area contributed by atoms with Gasteiger partial charge in [0.25, 0.3) is 0 Å². The summed E-state index contributed by atoms with van der Waals surface area (Å²) in [5.74, 6) is 3.12. The van der Waals surface area contributed by atoms with E-state index in [2.05, 4.69) is 39.0 Å². The average molecular weight is 328 g/mol. The fourth-order valence-corrected chi connectivity index (χ4v) is 3.32. The number of para-hydroxylation sites is 2. The number of ether oxygens (including phenoxy) is 1. The van der Waals surface area contributed by atoms with Crippen molar-refractivity contribution in [2.45, 2.75) is 31.7 Å². The van der Waals surface area contributed by atoms with Gasteiger partial charge in [-0.2, -0.15) is 4.98 Å². The molecule has 1 saturated carbocycles. The second-order valence-corrected chi connectivity index (χ2v) is 6.64. The van der Waals surface area contributed by atoms with Crippen LogP contribution in [0.1, 0.15) is 43.4 Å². The van der Waals surface area contributed by atoms with E-state index < -0.39 is 0 Å². The number of methoxy groups -OCH3 is 1. The van der Waals surface area contributed by atoms with Crippen LogP contribution in [-0.2, 0) is 0 Å². The summed E-state index contributed by atoms with van der Waals surface area (Å²) in [5.41, 5.74) is 1.17. The Morgan fingerprint density at radius 1 is 1.17 bits per heavy atom. The highest BCUT2D eigenvalue weighted by Gasteiger charge is 2.31. The molecule has 128 valence electrons. The molecule has 2 aromatic rings. The van der Waals surface area contributed by atoms with Crippen molar-refractivity contribution in [1.82, 2.24) is 15.0 Å². The third-order valence-corrected chi connectivity index (χ3v) is 5.05. The molecule has 2 heterocycles. The molecule has 0 bridgehead atoms. The van der Waals surface area contributed by atoms with Crippen molar-refractivity contribution in [3.63, 3.8) is 0 Å². The number of nitrogens with zero attached hydrogens (tertiary/aromatic N) is 4. The van der Waals surface area contributed by atoms with Crippen LogP contribution >= 0.6 is 0 Å². The first-order chi connectivity index (χ1) is 11.8. The third kappa shape index (κ3) is 2.98. The van der Waals surface area contributed by atoms with Crippen LogP contribution in [0.2, 0.25) is 0 Å². The molecule has 1 saturated heterocycles. The van der Waals surface area contributed by atoms with E-state index in [1.54, 1.807) is 7.11 Å². The molecule has 0 amide bonds. The number of hydrogen-bond donors (Lipinski definition) is 0. The van der Waals surface area contributed by atoms with Gasteiger partial charge >= 0.3 is 0 Å². The summed E-state index contributed by atoms with van der Waals surface area (Å²) in [4.78, 5) is 9.39. The monoisotopic (exact) mass is 328 g/mol. The molecule has 2 fully saturated rings. The fraction of sp³-hybridized carbons (Fsp3) is 0.556. The molecular formula is C18H24N4O2. The lowest BCUT2D eigenvalue weighted by atomic mass is 10.2. The van der Waals surface area contributed by atoms with Crippen molar-refractivity contribution < 1.29 is 9.26 Å². The van der Waals surface area contributed by atoms with Gasteiger partial charge in [0.2, 0.25) is 5.89 Å². The van der Waals surface area contributed by atoms with Gasteiger partial charge in [0.05, 0.1) is 18.8 Å². The number of anilines is 1. The Morgan fingerprint density at radius 2 is 1.92 bits per heavy atom. The average Bonchev–Trinajstić information content (AvgIpc) is 3.38. The maximum Gasteiger partial charge on any atom is 0.243 e. The van der Waals surface area contributed by atoms with Gasteiger partial charge in [-0.3, -0.25) is 4.90 Å². The normalized spacial score (nSPS) is 20.2. The van der Waals surface area contributed by atoms with Crippen molar-refractivity contribution in [3.8, 4) is 5.75 Å². The molecule has 4 rings (SSSR count). The molecule has 0 radical (unpaired) electrons. The molecule has 2 aliphatic rings. The second kappa shape index (κ2) is 6.43. The summed E-state index contributed by atoms with van der Waals surface area (Å²) < 4.78 is 11.0. The van der Waals surface area contributed by atoms with Crippen LogP contribution < -0.4 is 9.64 Å². The highest BCUT2D eigenvalue weighted by molar-refractivity contribution is 5.58. The lowest BCUT2D eigenvalue weighted by molar-refractivity contribution is 0.164. The molecule has 6 nitrogen and oxygen atoms in total. The lowest BCUT2D eigenvalue weighted by Gasteiger charge is -2.38. The van der Waals surface area contributed by atoms with Crippen LogP contribution in [0.4, 0.5) is 5.69 Å². The van der Waals surface area contributed by atoms with Gasteiger partial charge in [0, 0.05) is 32.1 Å². The Bertz CT molecular complexity index is 690. The second-order valence-electron chi connectivity index (χ2n) is 6.64. The molecule has 24 heavy (non-hydrogen) atoms. The standard InChI is InChI=1S/C18H24N4O2/c1-13(18-19-17(20-24-18)14-7-8-14)21-9-11-22(12-10-21)15-5-3-4-6-16(15)23-2/h3-6,13-14H,7-12H2,1-2H3.